The molecule has 2 aromatic heterocycles. The van der Waals surface area contributed by atoms with E-state index in [4.69, 9.17) is 9.72 Å². The third-order valence-electron chi connectivity index (χ3n) is 6.08. The Balaban J connectivity index is 1.52. The number of anilines is 2. The van der Waals surface area contributed by atoms with E-state index in [0.717, 1.165) is 63.5 Å². The molecular formula is C23H28N6O2. The third kappa shape index (κ3) is 4.13. The molecule has 2 fully saturated rings. The quantitative estimate of drug-likeness (QED) is 0.668. The van der Waals surface area contributed by atoms with Crippen LogP contribution in [-0.2, 0) is 11.8 Å². The average molecular weight is 421 g/mol. The maximum absolute atomic E-state index is 12.9. The first kappa shape index (κ1) is 20.0. The maximum Gasteiger partial charge on any atom is 0.264 e. The summed E-state index contributed by atoms with van der Waals surface area (Å²) in [7, 11) is 1.72. The van der Waals surface area contributed by atoms with Crippen LogP contribution >= 0.6 is 0 Å². The zero-order chi connectivity index (χ0) is 21.2. The van der Waals surface area contributed by atoms with Crippen molar-refractivity contribution in [2.45, 2.75) is 18.9 Å². The van der Waals surface area contributed by atoms with Gasteiger partial charge in [-0.2, -0.15) is 0 Å². The number of aryl methyl sites for hydroxylation is 1. The van der Waals surface area contributed by atoms with Gasteiger partial charge in [0.15, 0.2) is 0 Å². The van der Waals surface area contributed by atoms with Crippen molar-refractivity contribution in [1.82, 2.24) is 19.9 Å². The van der Waals surface area contributed by atoms with Gasteiger partial charge in [0.05, 0.1) is 30.8 Å². The molecule has 4 heterocycles. The Bertz CT molecular complexity index is 1120. The lowest BCUT2D eigenvalue weighted by Crippen LogP contribution is -2.39. The van der Waals surface area contributed by atoms with Gasteiger partial charge in [0.2, 0.25) is 0 Å². The van der Waals surface area contributed by atoms with Gasteiger partial charge >= 0.3 is 0 Å². The van der Waals surface area contributed by atoms with Crippen LogP contribution in [0, 0.1) is 0 Å². The van der Waals surface area contributed by atoms with Crippen molar-refractivity contribution in [1.29, 1.82) is 0 Å². The van der Waals surface area contributed by atoms with E-state index in [2.05, 4.69) is 44.8 Å². The number of benzene rings is 1. The van der Waals surface area contributed by atoms with Crippen LogP contribution in [0.4, 0.5) is 11.5 Å². The van der Waals surface area contributed by atoms with E-state index in [1.807, 2.05) is 6.07 Å². The standard InChI is InChI=1S/C23H28N6O2/c1-28-15-25-20-13-19(16-4-6-18(7-5-16)29-9-11-31-12-10-29)27-22(21(20)23(28)30)26-17-3-2-8-24-14-17/h4-7,13,15,17,24H,2-3,8-12,14H2,1H3,(H,26,27)/t17-/m1/s1. The van der Waals surface area contributed by atoms with Crippen LogP contribution in [0.15, 0.2) is 41.5 Å². The van der Waals surface area contributed by atoms with E-state index in [9.17, 15) is 4.79 Å². The summed E-state index contributed by atoms with van der Waals surface area (Å²) in [6.07, 6.45) is 3.73. The summed E-state index contributed by atoms with van der Waals surface area (Å²) < 4.78 is 6.96. The second-order valence-corrected chi connectivity index (χ2v) is 8.24. The molecule has 0 spiro atoms. The predicted molar refractivity (Wildman–Crippen MR) is 123 cm³/mol. The van der Waals surface area contributed by atoms with E-state index in [0.29, 0.717) is 16.7 Å². The Morgan fingerprint density at radius 3 is 2.74 bits per heavy atom. The number of aromatic nitrogens is 3. The van der Waals surface area contributed by atoms with Crippen molar-refractivity contribution in [3.8, 4) is 11.3 Å². The number of fused-ring (bicyclic) bond motifs is 1. The highest BCUT2D eigenvalue weighted by Gasteiger charge is 2.19. The number of piperidine rings is 1. The molecular weight excluding hydrogens is 392 g/mol. The first-order valence-electron chi connectivity index (χ1n) is 11.0. The van der Waals surface area contributed by atoms with E-state index in [-0.39, 0.29) is 11.6 Å². The molecule has 0 saturated carbocycles. The van der Waals surface area contributed by atoms with Crippen LogP contribution in [-0.4, -0.2) is 60.0 Å². The van der Waals surface area contributed by atoms with Gasteiger partial charge in [-0.3, -0.25) is 4.79 Å². The summed E-state index contributed by atoms with van der Waals surface area (Å²) in [5.74, 6) is 0.618. The zero-order valence-electron chi connectivity index (χ0n) is 17.8. The van der Waals surface area contributed by atoms with Crippen molar-refractivity contribution < 1.29 is 4.74 Å². The van der Waals surface area contributed by atoms with Crippen molar-refractivity contribution in [2.24, 2.45) is 7.05 Å². The molecule has 2 N–H and O–H groups in total. The van der Waals surface area contributed by atoms with E-state index >= 15 is 0 Å². The highest BCUT2D eigenvalue weighted by atomic mass is 16.5. The molecule has 3 aromatic rings. The molecule has 1 atom stereocenters. The van der Waals surface area contributed by atoms with Gasteiger partial charge < -0.3 is 24.8 Å². The first-order chi connectivity index (χ1) is 15.2. The second-order valence-electron chi connectivity index (χ2n) is 8.24. The smallest absolute Gasteiger partial charge is 0.264 e. The number of hydrogen-bond acceptors (Lipinski definition) is 7. The predicted octanol–water partition coefficient (Wildman–Crippen LogP) is 2.00. The maximum atomic E-state index is 12.9. The second kappa shape index (κ2) is 8.64. The molecule has 2 saturated heterocycles. The molecule has 162 valence electrons. The van der Waals surface area contributed by atoms with Crippen LogP contribution in [0.2, 0.25) is 0 Å². The van der Waals surface area contributed by atoms with Crippen LogP contribution in [0.1, 0.15) is 12.8 Å². The minimum atomic E-state index is -0.0852. The van der Waals surface area contributed by atoms with Gasteiger partial charge in [0.1, 0.15) is 11.2 Å². The molecule has 8 nitrogen and oxygen atoms in total. The first-order valence-corrected chi connectivity index (χ1v) is 11.0. The fourth-order valence-corrected chi connectivity index (χ4v) is 4.31. The van der Waals surface area contributed by atoms with Crippen LogP contribution in [0.3, 0.4) is 0 Å². The normalized spacial score (nSPS) is 19.5. The van der Waals surface area contributed by atoms with Gasteiger partial charge in [-0.25, -0.2) is 9.97 Å². The highest BCUT2D eigenvalue weighted by molar-refractivity contribution is 5.91. The Kier molecular flexibility index (Phi) is 5.57. The van der Waals surface area contributed by atoms with Gasteiger partial charge in [0.25, 0.3) is 5.56 Å². The fourth-order valence-electron chi connectivity index (χ4n) is 4.31. The monoisotopic (exact) mass is 420 g/mol. The number of rotatable bonds is 4. The molecule has 8 heteroatoms. The summed E-state index contributed by atoms with van der Waals surface area (Å²) in [6.45, 7) is 5.24. The van der Waals surface area contributed by atoms with Crippen molar-refractivity contribution >= 4 is 22.4 Å². The van der Waals surface area contributed by atoms with E-state index < -0.39 is 0 Å². The molecule has 2 aliphatic rings. The van der Waals surface area contributed by atoms with Gasteiger partial charge in [0, 0.05) is 44.0 Å². The van der Waals surface area contributed by atoms with E-state index in [1.54, 1.807) is 13.4 Å². The van der Waals surface area contributed by atoms with Crippen molar-refractivity contribution in [3.63, 3.8) is 0 Å². The van der Waals surface area contributed by atoms with Gasteiger partial charge in [-0.05, 0) is 37.6 Å². The SMILES string of the molecule is Cn1cnc2cc(-c3ccc(N4CCOCC4)cc3)nc(N[C@@H]3CCCNC3)c2c1=O. The lowest BCUT2D eigenvalue weighted by Gasteiger charge is -2.29. The fraction of sp³-hybridized carbons (Fsp3) is 0.435. The van der Waals surface area contributed by atoms with Crippen molar-refractivity contribution in [2.75, 3.05) is 49.6 Å². The summed E-state index contributed by atoms with van der Waals surface area (Å²) in [5, 5.41) is 7.47. The molecule has 31 heavy (non-hydrogen) atoms. The van der Waals surface area contributed by atoms with Crippen molar-refractivity contribution in [3.05, 3.63) is 47.0 Å². The number of nitrogens with zero attached hydrogens (tertiary/aromatic N) is 4. The van der Waals surface area contributed by atoms with Crippen LogP contribution < -0.4 is 21.1 Å². The number of hydrogen-bond donors (Lipinski definition) is 2. The molecule has 0 bridgehead atoms. The number of morpholine rings is 1. The van der Waals surface area contributed by atoms with Crippen LogP contribution in [0.25, 0.3) is 22.2 Å². The molecule has 2 aliphatic heterocycles. The van der Waals surface area contributed by atoms with E-state index in [1.165, 1.54) is 10.3 Å². The molecule has 0 unspecified atom stereocenters. The Morgan fingerprint density at radius 1 is 1.19 bits per heavy atom. The molecule has 0 amide bonds. The largest absolute Gasteiger partial charge is 0.378 e. The molecule has 0 aliphatic carbocycles. The lowest BCUT2D eigenvalue weighted by atomic mass is 10.1. The Labute approximate surface area is 181 Å². The summed E-state index contributed by atoms with van der Waals surface area (Å²) in [4.78, 5) is 24.6. The average Bonchev–Trinajstić information content (AvgIpc) is 2.82. The van der Waals surface area contributed by atoms with Gasteiger partial charge in [-0.15, -0.1) is 0 Å². The number of nitrogens with one attached hydrogen (secondary N) is 2. The third-order valence-corrected chi connectivity index (χ3v) is 6.08. The summed E-state index contributed by atoms with van der Waals surface area (Å²) in [5.41, 5.74) is 3.58. The minimum absolute atomic E-state index is 0.0852. The summed E-state index contributed by atoms with van der Waals surface area (Å²) in [6, 6.07) is 10.6. The van der Waals surface area contributed by atoms with Gasteiger partial charge in [-0.1, -0.05) is 12.1 Å². The highest BCUT2D eigenvalue weighted by Crippen LogP contribution is 2.28. The Morgan fingerprint density at radius 2 is 2.00 bits per heavy atom. The number of pyridine rings is 1. The topological polar surface area (TPSA) is 84.3 Å². The lowest BCUT2D eigenvalue weighted by molar-refractivity contribution is 0.122. The molecule has 5 rings (SSSR count). The Hall–Kier alpha value is -2.97. The molecule has 0 radical (unpaired) electrons. The molecule has 1 aromatic carbocycles. The van der Waals surface area contributed by atoms with Crippen LogP contribution in [0.5, 0.6) is 0 Å². The summed E-state index contributed by atoms with van der Waals surface area (Å²) >= 11 is 0. The zero-order valence-corrected chi connectivity index (χ0v) is 17.8. The minimum Gasteiger partial charge on any atom is -0.378 e. The number of ether oxygens (including phenoxy) is 1.